The van der Waals surface area contributed by atoms with Crippen molar-refractivity contribution >= 4 is 34.8 Å². The van der Waals surface area contributed by atoms with Gasteiger partial charge in [0.1, 0.15) is 0 Å². The van der Waals surface area contributed by atoms with Gasteiger partial charge in [-0.2, -0.15) is 18.2 Å². The van der Waals surface area contributed by atoms with Crippen molar-refractivity contribution in [2.45, 2.75) is 6.18 Å². The van der Waals surface area contributed by atoms with E-state index in [0.29, 0.717) is 16.4 Å². The third-order valence-corrected chi connectivity index (χ3v) is 5.31. The summed E-state index contributed by atoms with van der Waals surface area (Å²) in [4.78, 5) is 16.7. The van der Waals surface area contributed by atoms with Crippen LogP contribution in [-0.2, 0) is 6.18 Å². The highest BCUT2D eigenvalue weighted by Crippen LogP contribution is 2.33. The third kappa shape index (κ3) is 5.00. The van der Waals surface area contributed by atoms with Crippen molar-refractivity contribution in [1.29, 1.82) is 0 Å². The van der Waals surface area contributed by atoms with Crippen molar-refractivity contribution in [3.63, 3.8) is 0 Å². The van der Waals surface area contributed by atoms with E-state index >= 15 is 0 Å². The van der Waals surface area contributed by atoms with Crippen LogP contribution in [0.25, 0.3) is 17.1 Å². The van der Waals surface area contributed by atoms with E-state index < -0.39 is 17.6 Å². The van der Waals surface area contributed by atoms with E-state index in [9.17, 15) is 18.0 Å². The molecular weight excluding hydrogens is 492 g/mol. The van der Waals surface area contributed by atoms with E-state index in [4.69, 9.17) is 27.9 Å². The number of methoxy groups -OCH3 is 1. The van der Waals surface area contributed by atoms with Crippen LogP contribution in [-0.4, -0.2) is 27.8 Å². The molecular formula is C23H15Cl2F3N4O2. The zero-order chi connectivity index (χ0) is 24.5. The van der Waals surface area contributed by atoms with Crippen molar-refractivity contribution < 1.29 is 22.7 Å². The van der Waals surface area contributed by atoms with Gasteiger partial charge in [-0.25, -0.2) is 4.68 Å². The maximum absolute atomic E-state index is 13.2. The minimum Gasteiger partial charge on any atom is -0.466 e. The number of rotatable bonds is 5. The first-order valence-corrected chi connectivity index (χ1v) is 10.5. The number of carbonyl (C=O) groups excluding carboxylic acids is 1. The zero-order valence-electron chi connectivity index (χ0n) is 17.4. The van der Waals surface area contributed by atoms with Crippen molar-refractivity contribution in [3.05, 3.63) is 87.9 Å². The number of nitrogens with zero attached hydrogens (tertiary/aromatic N) is 3. The molecule has 0 unspecified atom stereocenters. The molecule has 34 heavy (non-hydrogen) atoms. The summed E-state index contributed by atoms with van der Waals surface area (Å²) in [5.74, 6) is -0.269. The molecule has 4 rings (SSSR count). The number of alkyl halides is 3. The van der Waals surface area contributed by atoms with E-state index in [1.54, 1.807) is 30.3 Å². The molecule has 174 valence electrons. The second-order valence-electron chi connectivity index (χ2n) is 7.04. The predicted octanol–water partition coefficient (Wildman–Crippen LogP) is 6.52. The number of nitrogens with one attached hydrogen (secondary N) is 1. The number of hydrogen-bond acceptors (Lipinski definition) is 4. The molecule has 1 aromatic heterocycles. The quantitative estimate of drug-likeness (QED) is 0.334. The number of ether oxygens (including phenoxy) is 1. The number of halogens is 5. The minimum absolute atomic E-state index is 0.0119. The first kappa shape index (κ1) is 23.6. The molecule has 1 N–H and O–H groups in total. The predicted molar refractivity (Wildman–Crippen MR) is 123 cm³/mol. The molecule has 0 aliphatic heterocycles. The molecule has 6 nitrogen and oxygen atoms in total. The van der Waals surface area contributed by atoms with Crippen LogP contribution in [0, 0.1) is 0 Å². The molecule has 0 saturated carbocycles. The smallest absolute Gasteiger partial charge is 0.416 e. The molecule has 1 heterocycles. The van der Waals surface area contributed by atoms with Crippen molar-refractivity contribution in [2.24, 2.45) is 0 Å². The highest BCUT2D eigenvalue weighted by atomic mass is 35.5. The van der Waals surface area contributed by atoms with Gasteiger partial charge in [0.15, 0.2) is 5.82 Å². The summed E-state index contributed by atoms with van der Waals surface area (Å²) in [6.45, 7) is 0. The summed E-state index contributed by atoms with van der Waals surface area (Å²) in [5, 5.41) is 7.55. The fraction of sp³-hybridized carbons (Fsp3) is 0.0870. The Morgan fingerprint density at radius 1 is 1.03 bits per heavy atom. The maximum Gasteiger partial charge on any atom is 0.416 e. The number of carbonyl (C=O) groups is 1. The summed E-state index contributed by atoms with van der Waals surface area (Å²) in [6.07, 6.45) is -4.50. The summed E-state index contributed by atoms with van der Waals surface area (Å²) in [6, 6.07) is 15.8. The Bertz CT molecular complexity index is 1360. The molecule has 0 atom stereocenters. The van der Waals surface area contributed by atoms with Crippen molar-refractivity contribution in [2.75, 3.05) is 12.4 Å². The lowest BCUT2D eigenvalue weighted by atomic mass is 10.1. The van der Waals surface area contributed by atoms with Gasteiger partial charge >= 0.3 is 12.2 Å². The lowest BCUT2D eigenvalue weighted by Crippen LogP contribution is -2.12. The molecule has 0 saturated heterocycles. The summed E-state index contributed by atoms with van der Waals surface area (Å²) >= 11 is 11.9. The molecule has 0 fully saturated rings. The number of benzene rings is 3. The normalized spacial score (nSPS) is 11.4. The Balaban J connectivity index is 1.63. The van der Waals surface area contributed by atoms with Crippen LogP contribution in [0.2, 0.25) is 10.0 Å². The zero-order valence-corrected chi connectivity index (χ0v) is 18.9. The van der Waals surface area contributed by atoms with Gasteiger partial charge in [0.05, 0.1) is 28.9 Å². The minimum atomic E-state index is -4.50. The molecule has 0 radical (unpaired) electrons. The number of aromatic nitrogens is 3. The standard InChI is InChI=1S/C23H15Cl2F3N4O2/c1-34-22-30-20(13-3-2-4-14(11-13)23(26,27)28)32(31-22)17-8-6-16(7-9-17)29-21(33)18-10-5-15(24)12-19(18)25/h2-12H,1H3,(H,29,33). The SMILES string of the molecule is COc1nc(-c2cccc(C(F)(F)F)c2)n(-c2ccc(NC(=O)c3ccc(Cl)cc3Cl)cc2)n1. The Hall–Kier alpha value is -3.56. The Morgan fingerprint density at radius 3 is 2.41 bits per heavy atom. The van der Waals surface area contributed by atoms with Crippen LogP contribution in [0.1, 0.15) is 15.9 Å². The monoisotopic (exact) mass is 506 g/mol. The molecule has 0 aliphatic carbocycles. The van der Waals surface area contributed by atoms with Crippen LogP contribution in [0.15, 0.2) is 66.7 Å². The Labute approximate surface area is 201 Å². The Kier molecular flexibility index (Phi) is 6.49. The van der Waals surface area contributed by atoms with Gasteiger partial charge in [-0.1, -0.05) is 35.3 Å². The van der Waals surface area contributed by atoms with Gasteiger partial charge in [0.2, 0.25) is 0 Å². The third-order valence-electron chi connectivity index (χ3n) is 4.76. The first-order chi connectivity index (χ1) is 16.2. The Morgan fingerprint density at radius 2 is 1.76 bits per heavy atom. The topological polar surface area (TPSA) is 69.0 Å². The van der Waals surface area contributed by atoms with Crippen LogP contribution >= 0.6 is 23.2 Å². The fourth-order valence-electron chi connectivity index (χ4n) is 3.14. The average molecular weight is 507 g/mol. The van der Waals surface area contributed by atoms with Crippen LogP contribution in [0.3, 0.4) is 0 Å². The molecule has 0 spiro atoms. The van der Waals surface area contributed by atoms with E-state index in [1.807, 2.05) is 0 Å². The van der Waals surface area contributed by atoms with E-state index in [0.717, 1.165) is 12.1 Å². The van der Waals surface area contributed by atoms with Gasteiger partial charge < -0.3 is 10.1 Å². The number of anilines is 1. The van der Waals surface area contributed by atoms with Gasteiger partial charge in [-0.05, 0) is 54.6 Å². The lowest BCUT2D eigenvalue weighted by Gasteiger charge is -2.11. The van der Waals surface area contributed by atoms with Crippen molar-refractivity contribution in [3.8, 4) is 23.1 Å². The summed E-state index contributed by atoms with van der Waals surface area (Å²) in [5.41, 5.74) is 0.610. The molecule has 0 aliphatic rings. The highest BCUT2D eigenvalue weighted by molar-refractivity contribution is 6.37. The second kappa shape index (κ2) is 9.36. The van der Waals surface area contributed by atoms with Crippen LogP contribution < -0.4 is 10.1 Å². The average Bonchev–Trinajstić information content (AvgIpc) is 3.24. The van der Waals surface area contributed by atoms with Gasteiger partial charge in [-0.15, -0.1) is 5.10 Å². The number of hydrogen-bond donors (Lipinski definition) is 1. The molecule has 1 amide bonds. The van der Waals surface area contributed by atoms with Crippen LogP contribution in [0.5, 0.6) is 6.01 Å². The maximum atomic E-state index is 13.2. The second-order valence-corrected chi connectivity index (χ2v) is 7.88. The number of amides is 1. The van der Waals surface area contributed by atoms with Crippen LogP contribution in [0.4, 0.5) is 18.9 Å². The fourth-order valence-corrected chi connectivity index (χ4v) is 3.63. The largest absolute Gasteiger partial charge is 0.466 e. The molecule has 3 aromatic carbocycles. The van der Waals surface area contributed by atoms with E-state index in [2.05, 4.69) is 15.4 Å². The highest BCUT2D eigenvalue weighted by Gasteiger charge is 2.31. The summed E-state index contributed by atoms with van der Waals surface area (Å²) < 4.78 is 46.0. The van der Waals surface area contributed by atoms with Gasteiger partial charge in [-0.3, -0.25) is 4.79 Å². The van der Waals surface area contributed by atoms with Crippen molar-refractivity contribution in [1.82, 2.24) is 14.8 Å². The summed E-state index contributed by atoms with van der Waals surface area (Å²) in [7, 11) is 1.36. The van der Waals surface area contributed by atoms with E-state index in [-0.39, 0.29) is 28.0 Å². The molecule has 4 aromatic rings. The lowest BCUT2D eigenvalue weighted by molar-refractivity contribution is -0.137. The van der Waals surface area contributed by atoms with Gasteiger partial charge in [0.25, 0.3) is 5.91 Å². The molecule has 0 bridgehead atoms. The van der Waals surface area contributed by atoms with E-state index in [1.165, 1.54) is 36.1 Å². The molecule has 11 heteroatoms. The first-order valence-electron chi connectivity index (χ1n) is 9.71. The van der Waals surface area contributed by atoms with Gasteiger partial charge in [0, 0.05) is 16.3 Å².